The third-order valence-corrected chi connectivity index (χ3v) is 5.68. The molecule has 0 atom stereocenters. The molecule has 0 aromatic heterocycles. The van der Waals surface area contributed by atoms with Crippen molar-refractivity contribution in [2.45, 2.75) is 24.0 Å². The van der Waals surface area contributed by atoms with Crippen LogP contribution in [0.3, 0.4) is 0 Å². The summed E-state index contributed by atoms with van der Waals surface area (Å²) in [5, 5.41) is 6.75. The first-order valence-electron chi connectivity index (χ1n) is 7.99. The van der Waals surface area contributed by atoms with Crippen LogP contribution in [-0.4, -0.2) is 50.3 Å². The van der Waals surface area contributed by atoms with E-state index < -0.39 is 0 Å². The van der Waals surface area contributed by atoms with Gasteiger partial charge in [0, 0.05) is 38.1 Å². The number of guanidine groups is 1. The number of nitrogens with one attached hydrogen (secondary N) is 2. The van der Waals surface area contributed by atoms with E-state index in [1.165, 1.54) is 12.1 Å². The van der Waals surface area contributed by atoms with Gasteiger partial charge in [-0.2, -0.15) is 11.8 Å². The molecule has 1 saturated heterocycles. The Bertz CT molecular complexity index is 501. The van der Waals surface area contributed by atoms with Crippen LogP contribution >= 0.6 is 11.8 Å². The molecule has 1 heterocycles. The van der Waals surface area contributed by atoms with E-state index in [0.717, 1.165) is 57.1 Å². The van der Waals surface area contributed by atoms with Crippen LogP contribution in [0, 0.1) is 5.82 Å². The van der Waals surface area contributed by atoms with Gasteiger partial charge in [0.15, 0.2) is 5.96 Å². The molecule has 4 nitrogen and oxygen atoms in total. The van der Waals surface area contributed by atoms with Crippen molar-refractivity contribution < 1.29 is 9.13 Å². The summed E-state index contributed by atoms with van der Waals surface area (Å²) in [4.78, 5) is 4.28. The highest BCUT2D eigenvalue weighted by molar-refractivity contribution is 8.00. The summed E-state index contributed by atoms with van der Waals surface area (Å²) in [6.07, 6.45) is 5.13. The van der Waals surface area contributed by atoms with E-state index in [1.807, 2.05) is 23.9 Å². The largest absolute Gasteiger partial charge is 0.381 e. The fourth-order valence-corrected chi connectivity index (χ4v) is 3.43. The van der Waals surface area contributed by atoms with Gasteiger partial charge in [0.1, 0.15) is 5.82 Å². The number of hydrogen-bond donors (Lipinski definition) is 2. The second-order valence-corrected chi connectivity index (χ2v) is 7.00. The highest BCUT2D eigenvalue weighted by Gasteiger charge is 2.31. The third kappa shape index (κ3) is 5.70. The van der Waals surface area contributed by atoms with Crippen LogP contribution in [-0.2, 0) is 11.2 Å². The topological polar surface area (TPSA) is 45.7 Å². The number of ether oxygens (including phenoxy) is 1. The lowest BCUT2D eigenvalue weighted by atomic mass is 9.99. The van der Waals surface area contributed by atoms with Crippen LogP contribution < -0.4 is 10.6 Å². The standard InChI is InChI=1S/C17H26FN3OS/c1-19-16(20-10-7-14-3-5-15(18)6-4-14)21-13-17(23-2)8-11-22-12-9-17/h3-6H,7-13H2,1-2H3,(H2,19,20,21). The SMILES string of the molecule is CN=C(NCCc1ccc(F)cc1)NCC1(SC)CCOCC1. The van der Waals surface area contributed by atoms with Crippen molar-refractivity contribution in [3.63, 3.8) is 0 Å². The molecule has 1 aliphatic heterocycles. The molecule has 6 heteroatoms. The molecule has 1 aromatic carbocycles. The minimum absolute atomic E-state index is 0.196. The molecule has 0 aliphatic carbocycles. The van der Waals surface area contributed by atoms with Gasteiger partial charge in [0.25, 0.3) is 0 Å². The molecule has 0 amide bonds. The monoisotopic (exact) mass is 339 g/mol. The van der Waals surface area contributed by atoms with Crippen molar-refractivity contribution in [1.29, 1.82) is 0 Å². The summed E-state index contributed by atoms with van der Waals surface area (Å²) in [5.74, 6) is 0.616. The Balaban J connectivity index is 1.75. The highest BCUT2D eigenvalue weighted by Crippen LogP contribution is 2.32. The van der Waals surface area contributed by atoms with Gasteiger partial charge in [0.05, 0.1) is 0 Å². The molecule has 0 radical (unpaired) electrons. The van der Waals surface area contributed by atoms with Gasteiger partial charge in [-0.25, -0.2) is 4.39 Å². The Morgan fingerprint density at radius 2 is 1.96 bits per heavy atom. The summed E-state index contributed by atoms with van der Waals surface area (Å²) in [6.45, 7) is 3.31. The van der Waals surface area contributed by atoms with Crippen LogP contribution in [0.2, 0.25) is 0 Å². The van der Waals surface area contributed by atoms with E-state index in [0.29, 0.717) is 0 Å². The summed E-state index contributed by atoms with van der Waals surface area (Å²) in [5.41, 5.74) is 1.11. The van der Waals surface area contributed by atoms with Gasteiger partial charge >= 0.3 is 0 Å². The maximum absolute atomic E-state index is 12.9. The normalized spacial score (nSPS) is 17.8. The number of rotatable bonds is 6. The minimum atomic E-state index is -0.196. The zero-order valence-corrected chi connectivity index (χ0v) is 14.7. The molecule has 23 heavy (non-hydrogen) atoms. The van der Waals surface area contributed by atoms with Crippen LogP contribution in [0.4, 0.5) is 4.39 Å². The predicted molar refractivity (Wildman–Crippen MR) is 95.8 cm³/mol. The van der Waals surface area contributed by atoms with Crippen molar-refractivity contribution in [2.75, 3.05) is 39.6 Å². The van der Waals surface area contributed by atoms with E-state index >= 15 is 0 Å². The summed E-state index contributed by atoms with van der Waals surface area (Å²) in [7, 11) is 1.78. The van der Waals surface area contributed by atoms with E-state index in [4.69, 9.17) is 4.74 Å². The summed E-state index contributed by atoms with van der Waals surface area (Å²) < 4.78 is 18.6. The first-order valence-corrected chi connectivity index (χ1v) is 9.22. The molecule has 0 saturated carbocycles. The van der Waals surface area contributed by atoms with Gasteiger partial charge in [-0.1, -0.05) is 12.1 Å². The first-order chi connectivity index (χ1) is 11.2. The number of benzene rings is 1. The molecule has 2 N–H and O–H groups in total. The zero-order valence-electron chi connectivity index (χ0n) is 13.9. The molecular weight excluding hydrogens is 313 g/mol. The number of nitrogens with zero attached hydrogens (tertiary/aromatic N) is 1. The molecule has 2 rings (SSSR count). The average molecular weight is 339 g/mol. The van der Waals surface area contributed by atoms with Crippen LogP contribution in [0.5, 0.6) is 0 Å². The van der Waals surface area contributed by atoms with Gasteiger partial charge < -0.3 is 15.4 Å². The molecule has 1 fully saturated rings. The van der Waals surface area contributed by atoms with Crippen molar-refractivity contribution in [1.82, 2.24) is 10.6 Å². The van der Waals surface area contributed by atoms with Gasteiger partial charge in [0.2, 0.25) is 0 Å². The fraction of sp³-hybridized carbons (Fsp3) is 0.588. The van der Waals surface area contributed by atoms with Crippen molar-refractivity contribution in [3.05, 3.63) is 35.6 Å². The molecule has 1 aliphatic rings. The molecule has 0 bridgehead atoms. The van der Waals surface area contributed by atoms with Crippen molar-refractivity contribution in [3.8, 4) is 0 Å². The first kappa shape index (κ1) is 18.1. The Morgan fingerprint density at radius 1 is 1.26 bits per heavy atom. The summed E-state index contributed by atoms with van der Waals surface area (Å²) >= 11 is 1.91. The second-order valence-electron chi connectivity index (χ2n) is 5.73. The highest BCUT2D eigenvalue weighted by atomic mass is 32.2. The molecule has 1 aromatic rings. The Labute approximate surface area is 142 Å². The fourth-order valence-electron chi connectivity index (χ4n) is 2.64. The Hall–Kier alpha value is -1.27. The van der Waals surface area contributed by atoms with Gasteiger partial charge in [-0.05, 0) is 43.2 Å². The van der Waals surface area contributed by atoms with Crippen LogP contribution in [0.1, 0.15) is 18.4 Å². The number of halogens is 1. The van der Waals surface area contributed by atoms with Crippen molar-refractivity contribution in [2.24, 2.45) is 4.99 Å². The quantitative estimate of drug-likeness (QED) is 0.617. The Morgan fingerprint density at radius 3 is 2.57 bits per heavy atom. The zero-order chi connectivity index (χ0) is 16.5. The van der Waals surface area contributed by atoms with E-state index in [1.54, 1.807) is 7.05 Å². The van der Waals surface area contributed by atoms with Gasteiger partial charge in [-0.15, -0.1) is 0 Å². The van der Waals surface area contributed by atoms with E-state index in [-0.39, 0.29) is 10.6 Å². The second kappa shape index (κ2) is 9.13. The number of thioether (sulfide) groups is 1. The minimum Gasteiger partial charge on any atom is -0.381 e. The summed E-state index contributed by atoms with van der Waals surface area (Å²) in [6, 6.07) is 6.63. The smallest absolute Gasteiger partial charge is 0.191 e. The predicted octanol–water partition coefficient (Wildman–Crippen LogP) is 2.45. The lowest BCUT2D eigenvalue weighted by molar-refractivity contribution is 0.0783. The lowest BCUT2D eigenvalue weighted by Gasteiger charge is -2.36. The molecule has 128 valence electrons. The van der Waals surface area contributed by atoms with Crippen LogP contribution in [0.15, 0.2) is 29.3 Å². The number of hydrogen-bond acceptors (Lipinski definition) is 3. The third-order valence-electron chi connectivity index (χ3n) is 4.26. The van der Waals surface area contributed by atoms with E-state index in [2.05, 4.69) is 21.9 Å². The van der Waals surface area contributed by atoms with Crippen molar-refractivity contribution >= 4 is 17.7 Å². The maximum Gasteiger partial charge on any atom is 0.191 e. The number of aliphatic imine (C=N–C) groups is 1. The Kier molecular flexibility index (Phi) is 7.17. The maximum atomic E-state index is 12.9. The average Bonchev–Trinajstić information content (AvgIpc) is 2.60. The lowest BCUT2D eigenvalue weighted by Crippen LogP contribution is -2.48. The van der Waals surface area contributed by atoms with E-state index in [9.17, 15) is 4.39 Å². The molecule has 0 spiro atoms. The van der Waals surface area contributed by atoms with Gasteiger partial charge in [-0.3, -0.25) is 4.99 Å². The van der Waals surface area contributed by atoms with Crippen LogP contribution in [0.25, 0.3) is 0 Å². The molecule has 0 unspecified atom stereocenters. The molecular formula is C17H26FN3OS.